The van der Waals surface area contributed by atoms with Gasteiger partial charge in [-0.1, -0.05) is 6.92 Å². The van der Waals surface area contributed by atoms with E-state index in [0.717, 1.165) is 12.8 Å². The van der Waals surface area contributed by atoms with Crippen LogP contribution in [-0.2, 0) is 14.8 Å². The van der Waals surface area contributed by atoms with Crippen LogP contribution < -0.4 is 19.5 Å². The molecule has 3 N–H and O–H groups in total. The van der Waals surface area contributed by atoms with Gasteiger partial charge in [0.25, 0.3) is 15.9 Å². The Hall–Kier alpha value is -3.55. The van der Waals surface area contributed by atoms with E-state index in [2.05, 4.69) is 10.0 Å². The van der Waals surface area contributed by atoms with Crippen LogP contribution in [-0.4, -0.2) is 100 Å². The van der Waals surface area contributed by atoms with Crippen LogP contribution in [0.2, 0.25) is 0 Å². The van der Waals surface area contributed by atoms with Crippen molar-refractivity contribution in [3.8, 4) is 11.5 Å². The van der Waals surface area contributed by atoms with E-state index in [9.17, 15) is 23.1 Å². The van der Waals surface area contributed by atoms with Crippen LogP contribution in [0.4, 0.5) is 10.5 Å². The number of sulfonamides is 1. The van der Waals surface area contributed by atoms with Crippen molar-refractivity contribution in [1.29, 1.82) is 0 Å². The molecule has 0 unspecified atom stereocenters. The number of urea groups is 1. The summed E-state index contributed by atoms with van der Waals surface area (Å²) in [6.45, 7) is 10.1. The number of methoxy groups -OCH3 is 1. The van der Waals surface area contributed by atoms with Crippen LogP contribution in [0.3, 0.4) is 0 Å². The largest absolute Gasteiger partial charge is 0.497 e. The maximum absolute atomic E-state index is 14.3. The minimum atomic E-state index is -3.98. The van der Waals surface area contributed by atoms with Crippen molar-refractivity contribution in [2.45, 2.75) is 83.1 Å². The second-order valence-electron chi connectivity index (χ2n) is 12.3. The van der Waals surface area contributed by atoms with Crippen molar-refractivity contribution >= 4 is 27.6 Å². The number of likely N-dealkylation sites (N-methyl/N-ethyl adjacent to an activating group) is 1. The number of nitrogens with zero attached hydrogens (tertiary/aromatic N) is 2. The Morgan fingerprint density at radius 3 is 2.46 bits per heavy atom. The molecule has 13 heteroatoms. The molecule has 1 aliphatic rings. The standard InChI is InChI=1S/C33H50N4O8S/c1-22(2)34-33(40)36(6)20-31-23(3)19-37(24(4)21-38)32(39)29-18-26(11-16-30(29)45-25(5)10-8-9-17-44-31)35-46(41,42)28-14-12-27(43-7)13-15-28/h11-16,18,22-25,31,35,38H,8-10,17,19-21H2,1-7H3,(H,34,40)/t23-,24-,25-,31+/m0/s1. The van der Waals surface area contributed by atoms with Gasteiger partial charge in [-0.2, -0.15) is 0 Å². The zero-order valence-corrected chi connectivity index (χ0v) is 28.8. The third-order valence-electron chi connectivity index (χ3n) is 7.89. The van der Waals surface area contributed by atoms with E-state index >= 15 is 0 Å². The highest BCUT2D eigenvalue weighted by Gasteiger charge is 2.31. The van der Waals surface area contributed by atoms with E-state index in [1.165, 1.54) is 25.3 Å². The zero-order chi connectivity index (χ0) is 34.0. The first-order chi connectivity index (χ1) is 21.7. The lowest BCUT2D eigenvalue weighted by atomic mass is 10.0. The summed E-state index contributed by atoms with van der Waals surface area (Å²) in [5, 5.41) is 13.1. The highest BCUT2D eigenvalue weighted by Crippen LogP contribution is 2.30. The number of ether oxygens (including phenoxy) is 3. The van der Waals surface area contributed by atoms with Crippen LogP contribution in [0.1, 0.15) is 64.2 Å². The molecule has 4 atom stereocenters. The molecule has 0 aliphatic carbocycles. The molecule has 256 valence electrons. The van der Waals surface area contributed by atoms with Gasteiger partial charge in [-0.25, -0.2) is 13.2 Å². The van der Waals surface area contributed by atoms with Gasteiger partial charge in [0.2, 0.25) is 0 Å². The maximum atomic E-state index is 14.3. The molecule has 1 aliphatic heterocycles. The highest BCUT2D eigenvalue weighted by molar-refractivity contribution is 7.92. The normalized spacial score (nSPS) is 20.6. The minimum absolute atomic E-state index is 0.0225. The first-order valence-corrected chi connectivity index (χ1v) is 17.3. The average molecular weight is 663 g/mol. The van der Waals surface area contributed by atoms with Crippen LogP contribution in [0.5, 0.6) is 11.5 Å². The Bertz CT molecular complexity index is 1400. The molecule has 0 bridgehead atoms. The van der Waals surface area contributed by atoms with E-state index in [1.807, 2.05) is 27.7 Å². The number of amides is 3. The molecule has 3 amide bonds. The molecular weight excluding hydrogens is 612 g/mol. The van der Waals surface area contributed by atoms with Crippen molar-refractivity contribution in [3.05, 3.63) is 48.0 Å². The number of benzene rings is 2. The quantitative estimate of drug-likeness (QED) is 0.360. The molecule has 2 aromatic carbocycles. The number of hydrogen-bond donors (Lipinski definition) is 3. The molecule has 0 spiro atoms. The van der Waals surface area contributed by atoms with E-state index in [0.29, 0.717) is 31.1 Å². The lowest BCUT2D eigenvalue weighted by Crippen LogP contribution is -2.49. The second-order valence-corrected chi connectivity index (χ2v) is 14.0. The number of hydrogen-bond acceptors (Lipinski definition) is 8. The van der Waals surface area contributed by atoms with Crippen LogP contribution in [0.15, 0.2) is 47.4 Å². The number of aliphatic hydroxyl groups is 1. The van der Waals surface area contributed by atoms with Crippen LogP contribution >= 0.6 is 0 Å². The van der Waals surface area contributed by atoms with Crippen molar-refractivity contribution in [2.24, 2.45) is 5.92 Å². The molecule has 0 radical (unpaired) electrons. The molecule has 1 heterocycles. The first-order valence-electron chi connectivity index (χ1n) is 15.8. The Kier molecular flexibility index (Phi) is 13.5. The van der Waals surface area contributed by atoms with Gasteiger partial charge < -0.3 is 34.4 Å². The minimum Gasteiger partial charge on any atom is -0.497 e. The molecule has 46 heavy (non-hydrogen) atoms. The summed E-state index contributed by atoms with van der Waals surface area (Å²) in [4.78, 5) is 30.2. The van der Waals surface area contributed by atoms with E-state index < -0.39 is 22.0 Å². The second kappa shape index (κ2) is 16.8. The Labute approximate surface area is 273 Å². The van der Waals surface area contributed by atoms with Gasteiger partial charge in [0.15, 0.2) is 0 Å². The molecule has 0 saturated heterocycles. The summed E-state index contributed by atoms with van der Waals surface area (Å²) >= 11 is 0. The number of nitrogens with one attached hydrogen (secondary N) is 2. The van der Waals surface area contributed by atoms with Gasteiger partial charge >= 0.3 is 6.03 Å². The summed E-state index contributed by atoms with van der Waals surface area (Å²) in [6, 6.07) is 9.79. The smallest absolute Gasteiger partial charge is 0.317 e. The van der Waals surface area contributed by atoms with Crippen molar-refractivity contribution in [1.82, 2.24) is 15.1 Å². The Morgan fingerprint density at radius 2 is 1.83 bits per heavy atom. The first kappa shape index (κ1) is 36.9. The third kappa shape index (κ3) is 10.2. The predicted molar refractivity (Wildman–Crippen MR) is 177 cm³/mol. The predicted octanol–water partition coefficient (Wildman–Crippen LogP) is 4.34. The fourth-order valence-electron chi connectivity index (χ4n) is 5.13. The maximum Gasteiger partial charge on any atom is 0.317 e. The van der Waals surface area contributed by atoms with Crippen molar-refractivity contribution in [3.63, 3.8) is 0 Å². The molecule has 0 saturated carbocycles. The van der Waals surface area contributed by atoms with Crippen molar-refractivity contribution < 1.29 is 37.3 Å². The van der Waals surface area contributed by atoms with Gasteiger partial charge in [0.05, 0.1) is 42.4 Å². The molecule has 0 aromatic heterocycles. The monoisotopic (exact) mass is 662 g/mol. The lowest BCUT2D eigenvalue weighted by molar-refractivity contribution is -0.0122. The molecule has 3 rings (SSSR count). The average Bonchev–Trinajstić information content (AvgIpc) is 3.01. The van der Waals surface area contributed by atoms with Crippen molar-refractivity contribution in [2.75, 3.05) is 45.2 Å². The summed E-state index contributed by atoms with van der Waals surface area (Å²) in [5.74, 6) is 0.188. The van der Waals surface area contributed by atoms with Gasteiger partial charge in [-0.3, -0.25) is 9.52 Å². The highest BCUT2D eigenvalue weighted by atomic mass is 32.2. The van der Waals surface area contributed by atoms with Gasteiger partial charge in [-0.05, 0) is 89.4 Å². The third-order valence-corrected chi connectivity index (χ3v) is 9.28. The fraction of sp³-hybridized carbons (Fsp3) is 0.576. The Balaban J connectivity index is 1.98. The van der Waals surface area contributed by atoms with E-state index in [1.54, 1.807) is 48.0 Å². The molecule has 2 aromatic rings. The topological polar surface area (TPSA) is 147 Å². The van der Waals surface area contributed by atoms with Gasteiger partial charge in [0, 0.05) is 44.4 Å². The summed E-state index contributed by atoms with van der Waals surface area (Å²) in [5.41, 5.74) is 0.348. The Morgan fingerprint density at radius 1 is 1.13 bits per heavy atom. The summed E-state index contributed by atoms with van der Waals surface area (Å²) < 4.78 is 46.7. The molecular formula is C33H50N4O8S. The van der Waals surface area contributed by atoms with E-state index in [-0.39, 0.29) is 59.5 Å². The number of carbonyl (C=O) groups excluding carboxylic acids is 2. The number of fused-ring (bicyclic) bond motifs is 1. The van der Waals surface area contributed by atoms with Gasteiger partial charge in [-0.15, -0.1) is 0 Å². The fourth-order valence-corrected chi connectivity index (χ4v) is 6.18. The van der Waals surface area contributed by atoms with Crippen LogP contribution in [0, 0.1) is 5.92 Å². The number of aliphatic hydroxyl groups excluding tert-OH is 1. The SMILES string of the molecule is COc1ccc(S(=O)(=O)Nc2ccc3c(c2)C(=O)N([C@@H](C)CO)C[C@H](C)[C@@H](CN(C)C(=O)NC(C)C)OCCCC[C@H](C)O3)cc1. The number of anilines is 1. The van der Waals surface area contributed by atoms with Crippen LogP contribution in [0.25, 0.3) is 0 Å². The lowest BCUT2D eigenvalue weighted by Gasteiger charge is -2.36. The molecule has 0 fully saturated rings. The molecule has 12 nitrogen and oxygen atoms in total. The van der Waals surface area contributed by atoms with Gasteiger partial charge in [0.1, 0.15) is 11.5 Å². The number of rotatable bonds is 9. The summed E-state index contributed by atoms with van der Waals surface area (Å²) in [7, 11) is -0.777. The summed E-state index contributed by atoms with van der Waals surface area (Å²) in [6.07, 6.45) is 1.69. The zero-order valence-electron chi connectivity index (χ0n) is 28.0. The number of carbonyl (C=O) groups is 2. The van der Waals surface area contributed by atoms with E-state index in [4.69, 9.17) is 14.2 Å².